The molecule has 2 aliphatic rings. The minimum Gasteiger partial charge on any atom is -0.102 e. The van der Waals surface area contributed by atoms with E-state index in [1.165, 1.54) is 12.8 Å². The SMILES string of the molecule is C=CC1CC2=CC=C1C2. The first kappa shape index (κ1) is 5.04. The molecule has 0 heteroatoms. The molecule has 0 aliphatic heterocycles. The predicted octanol–water partition coefficient (Wildman–Crippen LogP) is 2.45. The fourth-order valence-electron chi connectivity index (χ4n) is 1.65. The number of rotatable bonds is 1. The minimum atomic E-state index is 0.685. The van der Waals surface area contributed by atoms with Crippen molar-refractivity contribution in [2.45, 2.75) is 12.8 Å². The summed E-state index contributed by atoms with van der Waals surface area (Å²) in [6.07, 6.45) is 9.03. The second-order valence-electron chi connectivity index (χ2n) is 2.79. The average Bonchev–Trinajstić information content (AvgIpc) is 2.45. The molecule has 0 aromatic rings. The van der Waals surface area contributed by atoms with Crippen molar-refractivity contribution in [3.05, 3.63) is 36.0 Å². The van der Waals surface area contributed by atoms with E-state index in [2.05, 4.69) is 24.8 Å². The summed E-state index contributed by atoms with van der Waals surface area (Å²) >= 11 is 0. The quantitative estimate of drug-likeness (QED) is 0.464. The molecule has 2 aliphatic carbocycles. The largest absolute Gasteiger partial charge is 0.102 e. The Balaban J connectivity index is 2.30. The van der Waals surface area contributed by atoms with Crippen molar-refractivity contribution in [2.24, 2.45) is 5.92 Å². The Morgan fingerprint density at radius 2 is 2.44 bits per heavy atom. The van der Waals surface area contributed by atoms with E-state index >= 15 is 0 Å². The summed E-state index contributed by atoms with van der Waals surface area (Å²) in [5, 5.41) is 0. The molecule has 0 spiro atoms. The van der Waals surface area contributed by atoms with Gasteiger partial charge in [-0.05, 0) is 12.8 Å². The third-order valence-corrected chi connectivity index (χ3v) is 2.21. The van der Waals surface area contributed by atoms with Crippen LogP contribution in [0.2, 0.25) is 0 Å². The van der Waals surface area contributed by atoms with Crippen LogP contribution in [0.25, 0.3) is 0 Å². The highest BCUT2D eigenvalue weighted by atomic mass is 14.3. The molecule has 46 valence electrons. The van der Waals surface area contributed by atoms with Gasteiger partial charge in [0.05, 0.1) is 0 Å². The van der Waals surface area contributed by atoms with Gasteiger partial charge in [0.15, 0.2) is 0 Å². The smallest absolute Gasteiger partial charge is 0.00178 e. The van der Waals surface area contributed by atoms with Crippen LogP contribution < -0.4 is 0 Å². The Morgan fingerprint density at radius 1 is 1.56 bits per heavy atom. The average molecular weight is 118 g/mol. The normalized spacial score (nSPS) is 30.0. The molecule has 1 fully saturated rings. The molecule has 0 amide bonds. The summed E-state index contributed by atoms with van der Waals surface area (Å²) in [5.74, 6) is 0.685. The summed E-state index contributed by atoms with van der Waals surface area (Å²) in [7, 11) is 0. The van der Waals surface area contributed by atoms with Crippen LogP contribution in [0.1, 0.15) is 12.8 Å². The molecule has 0 radical (unpaired) electrons. The zero-order valence-electron chi connectivity index (χ0n) is 5.43. The molecule has 0 aromatic carbocycles. The Morgan fingerprint density at radius 3 is 2.78 bits per heavy atom. The maximum absolute atomic E-state index is 3.79. The van der Waals surface area contributed by atoms with Gasteiger partial charge in [-0.1, -0.05) is 29.4 Å². The molecule has 0 saturated heterocycles. The maximum atomic E-state index is 3.79. The summed E-state index contributed by atoms with van der Waals surface area (Å²) in [6.45, 7) is 3.79. The first-order chi connectivity index (χ1) is 4.40. The molecule has 9 heavy (non-hydrogen) atoms. The first-order valence-electron chi connectivity index (χ1n) is 3.41. The lowest BCUT2D eigenvalue weighted by atomic mass is 10.0. The molecular weight excluding hydrogens is 108 g/mol. The molecule has 0 N–H and O–H groups in total. The van der Waals surface area contributed by atoms with E-state index in [0.717, 1.165) is 0 Å². The number of allylic oxidation sites excluding steroid dienone is 5. The monoisotopic (exact) mass is 118 g/mol. The fourth-order valence-corrected chi connectivity index (χ4v) is 1.65. The van der Waals surface area contributed by atoms with Crippen LogP contribution in [-0.2, 0) is 0 Å². The van der Waals surface area contributed by atoms with Gasteiger partial charge in [-0.2, -0.15) is 0 Å². The zero-order chi connectivity index (χ0) is 6.27. The Hall–Kier alpha value is -0.780. The van der Waals surface area contributed by atoms with Crippen molar-refractivity contribution in [1.29, 1.82) is 0 Å². The van der Waals surface area contributed by atoms with Crippen LogP contribution in [0, 0.1) is 5.92 Å². The van der Waals surface area contributed by atoms with Crippen molar-refractivity contribution in [2.75, 3.05) is 0 Å². The molecule has 2 rings (SSSR count). The van der Waals surface area contributed by atoms with Gasteiger partial charge in [0.1, 0.15) is 0 Å². The topological polar surface area (TPSA) is 0 Å². The lowest BCUT2D eigenvalue weighted by Gasteiger charge is -2.04. The molecule has 1 atom stereocenters. The highest BCUT2D eigenvalue weighted by Gasteiger charge is 2.24. The Labute approximate surface area is 55.6 Å². The third kappa shape index (κ3) is 0.593. The molecular formula is C9H10. The van der Waals surface area contributed by atoms with Gasteiger partial charge >= 0.3 is 0 Å². The van der Waals surface area contributed by atoms with E-state index in [4.69, 9.17) is 0 Å². The van der Waals surface area contributed by atoms with E-state index in [-0.39, 0.29) is 0 Å². The van der Waals surface area contributed by atoms with Gasteiger partial charge in [-0.3, -0.25) is 0 Å². The minimum absolute atomic E-state index is 0.685. The van der Waals surface area contributed by atoms with Gasteiger partial charge in [0.25, 0.3) is 0 Å². The van der Waals surface area contributed by atoms with Crippen molar-refractivity contribution < 1.29 is 0 Å². The lowest BCUT2D eigenvalue weighted by Crippen LogP contribution is -1.91. The molecule has 0 heterocycles. The van der Waals surface area contributed by atoms with E-state index in [1.54, 1.807) is 11.1 Å². The fraction of sp³-hybridized carbons (Fsp3) is 0.333. The van der Waals surface area contributed by atoms with Gasteiger partial charge < -0.3 is 0 Å². The second kappa shape index (κ2) is 1.60. The Kier molecular flexibility index (Phi) is 0.895. The van der Waals surface area contributed by atoms with Gasteiger partial charge in [-0.15, -0.1) is 6.58 Å². The molecule has 1 unspecified atom stereocenters. The van der Waals surface area contributed by atoms with E-state index in [9.17, 15) is 0 Å². The van der Waals surface area contributed by atoms with Crippen molar-refractivity contribution in [3.8, 4) is 0 Å². The molecule has 1 saturated carbocycles. The van der Waals surface area contributed by atoms with Crippen molar-refractivity contribution in [3.63, 3.8) is 0 Å². The third-order valence-electron chi connectivity index (χ3n) is 2.21. The van der Waals surface area contributed by atoms with Crippen molar-refractivity contribution in [1.82, 2.24) is 0 Å². The predicted molar refractivity (Wildman–Crippen MR) is 39.1 cm³/mol. The number of hydrogen-bond acceptors (Lipinski definition) is 0. The van der Waals surface area contributed by atoms with E-state index < -0.39 is 0 Å². The summed E-state index contributed by atoms with van der Waals surface area (Å²) in [5.41, 5.74) is 3.16. The summed E-state index contributed by atoms with van der Waals surface area (Å²) in [4.78, 5) is 0. The highest BCUT2D eigenvalue weighted by Crippen LogP contribution is 2.40. The molecule has 2 bridgehead atoms. The van der Waals surface area contributed by atoms with Gasteiger partial charge in [0.2, 0.25) is 0 Å². The van der Waals surface area contributed by atoms with Crippen molar-refractivity contribution >= 4 is 0 Å². The number of fused-ring (bicyclic) bond motifs is 2. The Bertz CT molecular complexity index is 206. The van der Waals surface area contributed by atoms with Gasteiger partial charge in [-0.25, -0.2) is 0 Å². The van der Waals surface area contributed by atoms with Crippen LogP contribution in [-0.4, -0.2) is 0 Å². The molecule has 0 nitrogen and oxygen atoms in total. The second-order valence-corrected chi connectivity index (χ2v) is 2.79. The lowest BCUT2D eigenvalue weighted by molar-refractivity contribution is 0.821. The van der Waals surface area contributed by atoms with Crippen LogP contribution in [0.15, 0.2) is 36.0 Å². The van der Waals surface area contributed by atoms with Crippen LogP contribution in [0.4, 0.5) is 0 Å². The van der Waals surface area contributed by atoms with E-state index in [1.807, 2.05) is 0 Å². The van der Waals surface area contributed by atoms with Crippen LogP contribution in [0.3, 0.4) is 0 Å². The van der Waals surface area contributed by atoms with E-state index in [0.29, 0.717) is 5.92 Å². The summed E-state index contributed by atoms with van der Waals surface area (Å²) < 4.78 is 0. The zero-order valence-corrected chi connectivity index (χ0v) is 5.43. The van der Waals surface area contributed by atoms with Crippen LogP contribution in [0.5, 0.6) is 0 Å². The standard InChI is InChI=1S/C9H10/c1-2-8-5-7-3-4-9(8)6-7/h2-4,8H,1,5-6H2. The highest BCUT2D eigenvalue weighted by molar-refractivity contribution is 5.40. The molecule has 0 aromatic heterocycles. The maximum Gasteiger partial charge on any atom is 0.00178 e. The van der Waals surface area contributed by atoms with Gasteiger partial charge in [0, 0.05) is 5.92 Å². The summed E-state index contributed by atoms with van der Waals surface area (Å²) in [6, 6.07) is 0. The first-order valence-corrected chi connectivity index (χ1v) is 3.41. The number of hydrogen-bond donors (Lipinski definition) is 0. The van der Waals surface area contributed by atoms with Crippen LogP contribution >= 0.6 is 0 Å².